The highest BCUT2D eigenvalue weighted by Crippen LogP contribution is 1.76. The van der Waals surface area contributed by atoms with Gasteiger partial charge in [0.05, 0.1) is 0 Å². The first-order valence-corrected chi connectivity index (χ1v) is 9.60. The normalized spacial score (nSPS) is 7.52. The van der Waals surface area contributed by atoms with Crippen LogP contribution in [-0.4, -0.2) is 47.2 Å². The monoisotopic (exact) mass is 364 g/mol. The van der Waals surface area contributed by atoms with Crippen LogP contribution in [0.5, 0.6) is 0 Å². The summed E-state index contributed by atoms with van der Waals surface area (Å²) in [6.45, 7) is 17.8. The zero-order valence-electron chi connectivity index (χ0n) is 19.6. The number of amides is 1. The minimum Gasteiger partial charge on any atom is -0.394 e. The van der Waals surface area contributed by atoms with Crippen molar-refractivity contribution in [2.75, 3.05) is 41.3 Å². The van der Waals surface area contributed by atoms with E-state index in [1.165, 1.54) is 26.2 Å². The molecule has 0 aliphatic carbocycles. The van der Waals surface area contributed by atoms with E-state index in [1.807, 2.05) is 54.3 Å². The number of hydrogen-bond donors (Lipinski definition) is 4. The summed E-state index contributed by atoms with van der Waals surface area (Å²) in [4.78, 5) is 9.93. The highest BCUT2D eigenvalue weighted by molar-refractivity contribution is 5.72. The van der Waals surface area contributed by atoms with E-state index in [0.717, 1.165) is 13.1 Å². The SMILES string of the molecule is CC=CNC.CCC.CCCC.CCNC.CCNC(C)=O.CNC. The summed E-state index contributed by atoms with van der Waals surface area (Å²) in [5.41, 5.74) is 0. The molecule has 158 valence electrons. The maximum atomic E-state index is 9.93. The zero-order valence-corrected chi connectivity index (χ0v) is 19.6. The molecule has 1 amide bonds. The Morgan fingerprint density at radius 2 is 1.16 bits per heavy atom. The summed E-state index contributed by atoms with van der Waals surface area (Å²) in [7, 11) is 7.56. The van der Waals surface area contributed by atoms with Crippen LogP contribution in [0.15, 0.2) is 12.3 Å². The quantitative estimate of drug-likeness (QED) is 0.604. The van der Waals surface area contributed by atoms with Gasteiger partial charge in [-0.15, -0.1) is 0 Å². The van der Waals surface area contributed by atoms with Crippen LogP contribution < -0.4 is 21.3 Å². The molecule has 0 saturated heterocycles. The van der Waals surface area contributed by atoms with Crippen LogP contribution in [0, 0.1) is 0 Å². The van der Waals surface area contributed by atoms with Crippen molar-refractivity contribution >= 4 is 5.91 Å². The molecular weight excluding hydrogens is 312 g/mol. The van der Waals surface area contributed by atoms with Crippen molar-refractivity contribution in [1.29, 1.82) is 0 Å². The highest BCUT2D eigenvalue weighted by Gasteiger charge is 1.79. The third-order valence-electron chi connectivity index (χ3n) is 1.61. The van der Waals surface area contributed by atoms with E-state index in [2.05, 4.69) is 55.9 Å². The molecule has 0 aromatic rings. The molecule has 4 N–H and O–H groups in total. The molecule has 0 spiro atoms. The van der Waals surface area contributed by atoms with Gasteiger partial charge in [-0.2, -0.15) is 0 Å². The van der Waals surface area contributed by atoms with Crippen molar-refractivity contribution in [3.8, 4) is 0 Å². The molecule has 0 fully saturated rings. The molecule has 0 bridgehead atoms. The van der Waals surface area contributed by atoms with Crippen LogP contribution in [0.2, 0.25) is 0 Å². The van der Waals surface area contributed by atoms with Crippen molar-refractivity contribution in [3.63, 3.8) is 0 Å². The first-order valence-electron chi connectivity index (χ1n) is 9.60. The number of nitrogens with one attached hydrogen (secondary N) is 4. The fourth-order valence-corrected chi connectivity index (χ4v) is 0.416. The van der Waals surface area contributed by atoms with Crippen LogP contribution >= 0.6 is 0 Å². The summed E-state index contributed by atoms with van der Waals surface area (Å²) >= 11 is 0. The van der Waals surface area contributed by atoms with E-state index in [4.69, 9.17) is 0 Å². The van der Waals surface area contributed by atoms with Gasteiger partial charge in [-0.3, -0.25) is 4.79 Å². The second kappa shape index (κ2) is 66.0. The third-order valence-corrected chi connectivity index (χ3v) is 1.61. The molecule has 0 aromatic heterocycles. The number of hydrogen-bond acceptors (Lipinski definition) is 4. The maximum absolute atomic E-state index is 9.93. The fourth-order valence-electron chi connectivity index (χ4n) is 0.416. The molecule has 0 aliphatic rings. The Kier molecular flexibility index (Phi) is 103. The van der Waals surface area contributed by atoms with Gasteiger partial charge >= 0.3 is 0 Å². The van der Waals surface area contributed by atoms with Gasteiger partial charge in [0.1, 0.15) is 0 Å². The molecule has 0 radical (unpaired) electrons. The van der Waals surface area contributed by atoms with Gasteiger partial charge in [-0.25, -0.2) is 0 Å². The largest absolute Gasteiger partial charge is 0.394 e. The second-order valence-electron chi connectivity index (χ2n) is 4.79. The Bertz CT molecular complexity index is 177. The lowest BCUT2D eigenvalue weighted by molar-refractivity contribution is -0.118. The Morgan fingerprint density at radius 1 is 0.840 bits per heavy atom. The van der Waals surface area contributed by atoms with Gasteiger partial charge in [0.15, 0.2) is 0 Å². The van der Waals surface area contributed by atoms with Gasteiger partial charge in [0, 0.05) is 20.5 Å². The first kappa shape index (κ1) is 39.1. The van der Waals surface area contributed by atoms with E-state index >= 15 is 0 Å². The van der Waals surface area contributed by atoms with Crippen LogP contribution in [0.1, 0.15) is 74.7 Å². The highest BCUT2D eigenvalue weighted by atomic mass is 16.1. The van der Waals surface area contributed by atoms with Crippen molar-refractivity contribution in [2.45, 2.75) is 74.7 Å². The molecule has 0 unspecified atom stereocenters. The molecule has 0 aromatic carbocycles. The standard InChI is InChI=1S/C4H9NO.C4H9N.C4H10.C3H9N.C3H8.C2H7N/c1-3-5-4(2)6;1-3-4-5-2;2*1-3-4-2;2*1-3-2/h3H2,1-2H3,(H,5,6);3-5H,1-2H3;3-4H2,1-2H3;4H,3H2,1-2H3;3H2,1-2H3;3H,1-2H3. The summed E-state index contributed by atoms with van der Waals surface area (Å²) in [5.74, 6) is 0.0394. The molecule has 0 rings (SSSR count). The van der Waals surface area contributed by atoms with E-state index in [9.17, 15) is 4.79 Å². The van der Waals surface area contributed by atoms with Gasteiger partial charge in [-0.1, -0.05) is 60.0 Å². The fraction of sp³-hybridized carbons (Fsp3) is 0.850. The van der Waals surface area contributed by atoms with E-state index < -0.39 is 0 Å². The molecule has 0 aliphatic heterocycles. The smallest absolute Gasteiger partial charge is 0.216 e. The first-order chi connectivity index (χ1) is 11.8. The minimum absolute atomic E-state index is 0.0394. The van der Waals surface area contributed by atoms with Gasteiger partial charge in [0.25, 0.3) is 0 Å². The van der Waals surface area contributed by atoms with Crippen molar-refractivity contribution < 1.29 is 4.79 Å². The predicted octanol–water partition coefficient (Wildman–Crippen LogP) is 4.17. The van der Waals surface area contributed by atoms with Crippen molar-refractivity contribution in [2.24, 2.45) is 0 Å². The number of carbonyl (C=O) groups excluding carboxylic acids is 1. The average molecular weight is 365 g/mol. The minimum atomic E-state index is 0.0394. The Labute approximate surface area is 160 Å². The molecule has 0 atom stereocenters. The number of carbonyl (C=O) groups is 1. The van der Waals surface area contributed by atoms with Crippen LogP contribution in [-0.2, 0) is 4.79 Å². The van der Waals surface area contributed by atoms with Crippen molar-refractivity contribution in [3.05, 3.63) is 12.3 Å². The van der Waals surface area contributed by atoms with Crippen molar-refractivity contribution in [1.82, 2.24) is 21.3 Å². The van der Waals surface area contributed by atoms with Gasteiger partial charge in [-0.05, 0) is 47.7 Å². The Hall–Kier alpha value is -1.07. The van der Waals surface area contributed by atoms with E-state index in [0.29, 0.717) is 0 Å². The molecule has 25 heavy (non-hydrogen) atoms. The summed E-state index contributed by atoms with van der Waals surface area (Å²) < 4.78 is 0. The van der Waals surface area contributed by atoms with Gasteiger partial charge < -0.3 is 21.3 Å². The predicted molar refractivity (Wildman–Crippen MR) is 119 cm³/mol. The van der Waals surface area contributed by atoms with Crippen LogP contribution in [0.4, 0.5) is 0 Å². The number of allylic oxidation sites excluding steroid dienone is 1. The lowest BCUT2D eigenvalue weighted by Gasteiger charge is -1.88. The van der Waals surface area contributed by atoms with E-state index in [-0.39, 0.29) is 5.91 Å². The molecule has 0 heterocycles. The molecule has 0 saturated carbocycles. The lowest BCUT2D eigenvalue weighted by atomic mass is 10.4. The second-order valence-corrected chi connectivity index (χ2v) is 4.79. The maximum Gasteiger partial charge on any atom is 0.216 e. The molecule has 5 nitrogen and oxygen atoms in total. The number of rotatable bonds is 4. The molecule has 5 heteroatoms. The lowest BCUT2D eigenvalue weighted by Crippen LogP contribution is -2.18. The zero-order chi connectivity index (χ0) is 21.4. The summed E-state index contributed by atoms with van der Waals surface area (Å²) in [6.07, 6.45) is 7.71. The molecular formula is C20H52N4O. The Balaban J connectivity index is -0.0000000442. The third kappa shape index (κ3) is 286. The van der Waals surface area contributed by atoms with Crippen LogP contribution in [0.3, 0.4) is 0 Å². The van der Waals surface area contributed by atoms with Crippen LogP contribution in [0.25, 0.3) is 0 Å². The summed E-state index contributed by atoms with van der Waals surface area (Å²) in [5, 5.41) is 11.1. The summed E-state index contributed by atoms with van der Waals surface area (Å²) in [6, 6.07) is 0. The van der Waals surface area contributed by atoms with Gasteiger partial charge in [0.2, 0.25) is 5.91 Å². The Morgan fingerprint density at radius 3 is 1.16 bits per heavy atom. The van der Waals surface area contributed by atoms with E-state index in [1.54, 1.807) is 0 Å². The topological polar surface area (TPSA) is 65.2 Å². The average Bonchev–Trinajstić information content (AvgIpc) is 2.58. The number of unbranched alkanes of at least 4 members (excludes halogenated alkanes) is 1.